The van der Waals surface area contributed by atoms with Gasteiger partial charge >= 0.3 is 0 Å². The monoisotopic (exact) mass is 393 g/mol. The van der Waals surface area contributed by atoms with Crippen LogP contribution in [-0.4, -0.2) is 4.57 Å². The van der Waals surface area contributed by atoms with Gasteiger partial charge in [0.2, 0.25) is 0 Å². The van der Waals surface area contributed by atoms with Crippen molar-refractivity contribution in [1.82, 2.24) is 4.57 Å². The molecule has 0 radical (unpaired) electrons. The summed E-state index contributed by atoms with van der Waals surface area (Å²) in [4.78, 5) is 13.1. The maximum absolute atomic E-state index is 14.0. The van der Waals surface area contributed by atoms with E-state index in [9.17, 15) is 24.1 Å². The molecule has 0 atom stereocenters. The normalized spacial score (nSPS) is 11.1. The van der Waals surface area contributed by atoms with Gasteiger partial charge in [-0.15, -0.1) is 11.3 Å². The summed E-state index contributed by atoms with van der Waals surface area (Å²) < 4.78 is 28.7. The molecule has 0 bridgehead atoms. The van der Waals surface area contributed by atoms with Crippen LogP contribution in [0, 0.1) is 48.1 Å². The van der Waals surface area contributed by atoms with E-state index in [-0.39, 0.29) is 20.3 Å². The van der Waals surface area contributed by atoms with E-state index < -0.39 is 17.2 Å². The summed E-state index contributed by atoms with van der Waals surface area (Å²) in [5.41, 5.74) is 1.64. The second kappa shape index (κ2) is 7.59. The number of hydrogen-bond acceptors (Lipinski definition) is 4. The maximum Gasteiger partial charge on any atom is 0.273 e. The van der Waals surface area contributed by atoms with Crippen molar-refractivity contribution in [2.24, 2.45) is 0 Å². The van der Waals surface area contributed by atoms with Crippen LogP contribution in [0.25, 0.3) is 17.3 Å². The fraction of sp³-hybridized carbons (Fsp3) is 0.0952. The molecular formula is C21H13F2N3OS. The van der Waals surface area contributed by atoms with Crippen molar-refractivity contribution in [3.63, 3.8) is 0 Å². The van der Waals surface area contributed by atoms with Gasteiger partial charge in [-0.05, 0) is 43.7 Å². The first-order chi connectivity index (χ1) is 13.3. The van der Waals surface area contributed by atoms with Gasteiger partial charge in [0.15, 0.2) is 5.57 Å². The Morgan fingerprint density at radius 3 is 2.43 bits per heavy atom. The molecule has 0 aliphatic carbocycles. The quantitative estimate of drug-likeness (QED) is 0.672. The average molecular weight is 393 g/mol. The van der Waals surface area contributed by atoms with Crippen LogP contribution >= 0.6 is 11.3 Å². The Morgan fingerprint density at radius 1 is 1.11 bits per heavy atom. The number of hydrogen-bond donors (Lipinski definition) is 0. The number of rotatable bonds is 2. The van der Waals surface area contributed by atoms with Crippen LogP contribution in [0.5, 0.6) is 0 Å². The standard InChI is InChI=1S/C21H13F2N3OS/c1-12-3-6-18(13(2)7-12)26-20(27)19(28-21(26)15(10-24)11-25)8-14-4-5-16(22)9-17(14)23/h3-9H,1-2H3/b19-8+. The van der Waals surface area contributed by atoms with Crippen LogP contribution in [0.1, 0.15) is 16.7 Å². The SMILES string of the molecule is Cc1ccc(-n2c(=C(C#N)C#N)s/c(=C/c3ccc(F)cc3F)c2=O)c(C)c1. The fourth-order valence-electron chi connectivity index (χ4n) is 2.81. The summed E-state index contributed by atoms with van der Waals surface area (Å²) in [5, 5.41) is 18.6. The Morgan fingerprint density at radius 2 is 1.82 bits per heavy atom. The van der Waals surface area contributed by atoms with Crippen LogP contribution in [0.2, 0.25) is 0 Å². The molecule has 1 heterocycles. The van der Waals surface area contributed by atoms with Gasteiger partial charge in [0.25, 0.3) is 5.56 Å². The van der Waals surface area contributed by atoms with Crippen LogP contribution < -0.4 is 14.8 Å². The zero-order chi connectivity index (χ0) is 20.4. The molecule has 4 nitrogen and oxygen atoms in total. The van der Waals surface area contributed by atoms with Gasteiger partial charge < -0.3 is 0 Å². The molecule has 7 heteroatoms. The second-order valence-electron chi connectivity index (χ2n) is 6.11. The number of nitriles is 2. The highest BCUT2D eigenvalue weighted by molar-refractivity contribution is 7.07. The van der Waals surface area contributed by atoms with Crippen LogP contribution in [0.3, 0.4) is 0 Å². The summed E-state index contributed by atoms with van der Waals surface area (Å²) in [6.45, 7) is 3.73. The van der Waals surface area contributed by atoms with Gasteiger partial charge in [-0.1, -0.05) is 17.7 Å². The molecule has 0 spiro atoms. The maximum atomic E-state index is 14.0. The molecule has 0 amide bonds. The minimum absolute atomic E-state index is 0.0366. The number of thiazole rings is 1. The molecular weight excluding hydrogens is 380 g/mol. The molecule has 2 aromatic carbocycles. The second-order valence-corrected chi connectivity index (χ2v) is 7.14. The van der Waals surface area contributed by atoms with Crippen molar-refractivity contribution >= 4 is 23.0 Å². The van der Waals surface area contributed by atoms with Crippen molar-refractivity contribution in [1.29, 1.82) is 10.5 Å². The van der Waals surface area contributed by atoms with Crippen LogP contribution in [0.15, 0.2) is 41.2 Å². The Labute approximate surface area is 163 Å². The molecule has 28 heavy (non-hydrogen) atoms. The highest BCUT2D eigenvalue weighted by atomic mass is 32.1. The zero-order valence-corrected chi connectivity index (χ0v) is 15.8. The number of nitrogens with zero attached hydrogens (tertiary/aromatic N) is 3. The lowest BCUT2D eigenvalue weighted by molar-refractivity contribution is 0.581. The van der Waals surface area contributed by atoms with E-state index in [0.29, 0.717) is 5.69 Å². The third kappa shape index (κ3) is 3.48. The molecule has 138 valence electrons. The first kappa shape index (κ1) is 19.2. The van der Waals surface area contributed by atoms with Gasteiger partial charge in [-0.25, -0.2) is 8.78 Å². The van der Waals surface area contributed by atoms with Gasteiger partial charge in [0.05, 0.1) is 10.2 Å². The lowest BCUT2D eigenvalue weighted by Gasteiger charge is -2.07. The van der Waals surface area contributed by atoms with E-state index in [4.69, 9.17) is 0 Å². The third-order valence-corrected chi connectivity index (χ3v) is 5.20. The predicted octanol–water partition coefficient (Wildman–Crippen LogP) is 2.82. The first-order valence-corrected chi connectivity index (χ1v) is 8.98. The third-order valence-electron chi connectivity index (χ3n) is 4.10. The Balaban J connectivity index is 2.43. The van der Waals surface area contributed by atoms with Gasteiger partial charge in [-0.2, -0.15) is 10.5 Å². The number of aryl methyl sites for hydroxylation is 2. The molecule has 0 saturated heterocycles. The number of halogens is 2. The molecule has 0 aliphatic heterocycles. The molecule has 1 aromatic heterocycles. The molecule has 0 fully saturated rings. The average Bonchev–Trinajstić information content (AvgIpc) is 2.95. The topological polar surface area (TPSA) is 69.6 Å². The van der Waals surface area contributed by atoms with E-state index in [1.54, 1.807) is 18.2 Å². The molecule has 3 rings (SSSR count). The highest BCUT2D eigenvalue weighted by Crippen LogP contribution is 2.14. The fourth-order valence-corrected chi connectivity index (χ4v) is 3.84. The van der Waals surface area contributed by atoms with Crippen molar-refractivity contribution in [3.05, 3.63) is 84.3 Å². The molecule has 3 aromatic rings. The first-order valence-electron chi connectivity index (χ1n) is 8.16. The van der Waals surface area contributed by atoms with Crippen molar-refractivity contribution in [2.45, 2.75) is 13.8 Å². The smallest absolute Gasteiger partial charge is 0.267 e. The van der Waals surface area contributed by atoms with Crippen molar-refractivity contribution < 1.29 is 8.78 Å². The van der Waals surface area contributed by atoms with E-state index in [2.05, 4.69) is 0 Å². The number of benzene rings is 2. The van der Waals surface area contributed by atoms with Gasteiger partial charge in [-0.3, -0.25) is 9.36 Å². The Bertz CT molecular complexity index is 1340. The minimum atomic E-state index is -0.808. The Kier molecular flexibility index (Phi) is 5.21. The van der Waals surface area contributed by atoms with Gasteiger partial charge in [0.1, 0.15) is 28.4 Å². The lowest BCUT2D eigenvalue weighted by atomic mass is 10.1. The zero-order valence-electron chi connectivity index (χ0n) is 15.0. The van der Waals surface area contributed by atoms with Crippen molar-refractivity contribution in [3.8, 4) is 17.8 Å². The van der Waals surface area contributed by atoms with Crippen molar-refractivity contribution in [2.75, 3.05) is 0 Å². The molecule has 0 saturated carbocycles. The predicted molar refractivity (Wildman–Crippen MR) is 103 cm³/mol. The van der Waals surface area contributed by atoms with E-state index >= 15 is 0 Å². The van der Waals surface area contributed by atoms with E-state index in [1.807, 2.05) is 26.0 Å². The van der Waals surface area contributed by atoms with Crippen LogP contribution in [-0.2, 0) is 0 Å². The largest absolute Gasteiger partial charge is 0.273 e. The Hall–Kier alpha value is -3.55. The summed E-state index contributed by atoms with van der Waals surface area (Å²) in [5.74, 6) is -1.53. The summed E-state index contributed by atoms with van der Waals surface area (Å²) >= 11 is 0.911. The molecule has 0 N–H and O–H groups in total. The van der Waals surface area contributed by atoms with Gasteiger partial charge in [0, 0.05) is 11.6 Å². The molecule has 0 unspecified atom stereocenters. The summed E-state index contributed by atoms with van der Waals surface area (Å²) in [7, 11) is 0. The van der Waals surface area contributed by atoms with E-state index in [0.717, 1.165) is 34.6 Å². The lowest BCUT2D eigenvalue weighted by Crippen LogP contribution is -2.31. The van der Waals surface area contributed by atoms with Crippen LogP contribution in [0.4, 0.5) is 8.78 Å². The van der Waals surface area contributed by atoms with E-state index in [1.165, 1.54) is 16.7 Å². The highest BCUT2D eigenvalue weighted by Gasteiger charge is 2.13. The number of aromatic nitrogens is 1. The minimum Gasteiger partial charge on any atom is -0.267 e. The summed E-state index contributed by atoms with van der Waals surface area (Å²) in [6, 6.07) is 12.1. The molecule has 0 aliphatic rings. The summed E-state index contributed by atoms with van der Waals surface area (Å²) in [6.07, 6.45) is 1.29.